The molecule has 136 valence electrons. The third-order valence-corrected chi connectivity index (χ3v) is 3.56. The SMILES string of the molecule is COC(=O)c1cc(NC(=O)N(C)CC(C)C(=O)O)c(C)c([N+](=O)[O-])c1. The Balaban J connectivity index is 3.13. The lowest BCUT2D eigenvalue weighted by atomic mass is 10.1. The number of benzene rings is 1. The summed E-state index contributed by atoms with van der Waals surface area (Å²) in [5.41, 5.74) is -0.212. The lowest BCUT2D eigenvalue weighted by Gasteiger charge is -2.20. The summed E-state index contributed by atoms with van der Waals surface area (Å²) in [6.07, 6.45) is 0. The van der Waals surface area contributed by atoms with E-state index >= 15 is 0 Å². The van der Waals surface area contributed by atoms with Gasteiger partial charge >= 0.3 is 18.0 Å². The first kappa shape index (κ1) is 19.9. The molecule has 0 aliphatic carbocycles. The summed E-state index contributed by atoms with van der Waals surface area (Å²) in [5, 5.41) is 22.5. The fraction of sp³-hybridized carbons (Fsp3) is 0.400. The molecule has 0 fully saturated rings. The standard InChI is InChI=1S/C15H19N3O7/c1-8(13(19)20)7-17(3)15(22)16-11-5-10(14(21)25-4)6-12(9(11)2)18(23)24/h5-6,8H,7H2,1-4H3,(H,16,22)(H,19,20). The molecule has 0 aromatic heterocycles. The van der Waals surface area contributed by atoms with Gasteiger partial charge in [-0.15, -0.1) is 0 Å². The molecule has 1 atom stereocenters. The van der Waals surface area contributed by atoms with Gasteiger partial charge in [0.05, 0.1) is 34.8 Å². The second kappa shape index (κ2) is 8.08. The van der Waals surface area contributed by atoms with Gasteiger partial charge < -0.3 is 20.1 Å². The number of hydrogen-bond acceptors (Lipinski definition) is 6. The molecule has 1 aromatic carbocycles. The number of esters is 1. The van der Waals surface area contributed by atoms with Crippen molar-refractivity contribution in [1.82, 2.24) is 4.90 Å². The Bertz CT molecular complexity index is 717. The summed E-state index contributed by atoms with van der Waals surface area (Å²) in [7, 11) is 2.52. The van der Waals surface area contributed by atoms with Crippen molar-refractivity contribution in [3.05, 3.63) is 33.4 Å². The number of anilines is 1. The Hall–Kier alpha value is -3.17. The third-order valence-electron chi connectivity index (χ3n) is 3.56. The van der Waals surface area contributed by atoms with Gasteiger partial charge in [-0.2, -0.15) is 0 Å². The maximum atomic E-state index is 12.2. The summed E-state index contributed by atoms with van der Waals surface area (Å²) in [4.78, 5) is 46.3. The molecule has 2 N–H and O–H groups in total. The van der Waals surface area contributed by atoms with Crippen LogP contribution < -0.4 is 5.32 Å². The molecule has 25 heavy (non-hydrogen) atoms. The van der Waals surface area contributed by atoms with Crippen LogP contribution in [0.5, 0.6) is 0 Å². The van der Waals surface area contributed by atoms with Gasteiger partial charge in [-0.25, -0.2) is 9.59 Å². The van der Waals surface area contributed by atoms with Crippen LogP contribution >= 0.6 is 0 Å². The van der Waals surface area contributed by atoms with E-state index in [-0.39, 0.29) is 29.0 Å². The molecule has 10 nitrogen and oxygen atoms in total. The minimum Gasteiger partial charge on any atom is -0.481 e. The fourth-order valence-corrected chi connectivity index (χ4v) is 2.04. The molecule has 0 heterocycles. The normalized spacial score (nSPS) is 11.4. The van der Waals surface area contributed by atoms with Crippen LogP contribution in [0.3, 0.4) is 0 Å². The Morgan fingerprint density at radius 1 is 1.40 bits per heavy atom. The fourth-order valence-electron chi connectivity index (χ4n) is 2.04. The molecular formula is C15H19N3O7. The van der Waals surface area contributed by atoms with E-state index in [4.69, 9.17) is 5.11 Å². The van der Waals surface area contributed by atoms with E-state index < -0.39 is 28.8 Å². The van der Waals surface area contributed by atoms with Crippen LogP contribution in [0.2, 0.25) is 0 Å². The number of carbonyl (C=O) groups is 3. The highest BCUT2D eigenvalue weighted by molar-refractivity contribution is 5.96. The number of nitrogens with zero attached hydrogens (tertiary/aromatic N) is 2. The topological polar surface area (TPSA) is 139 Å². The zero-order valence-electron chi connectivity index (χ0n) is 14.2. The smallest absolute Gasteiger partial charge is 0.338 e. The van der Waals surface area contributed by atoms with Crippen LogP contribution in [-0.4, -0.2) is 53.6 Å². The Morgan fingerprint density at radius 3 is 2.48 bits per heavy atom. The van der Waals surface area contributed by atoms with Crippen molar-refractivity contribution in [2.45, 2.75) is 13.8 Å². The van der Waals surface area contributed by atoms with Gasteiger partial charge in [-0.3, -0.25) is 14.9 Å². The van der Waals surface area contributed by atoms with Crippen LogP contribution in [0.4, 0.5) is 16.2 Å². The molecule has 0 saturated heterocycles. The number of nitro benzene ring substituents is 1. The van der Waals surface area contributed by atoms with Crippen molar-refractivity contribution in [2.75, 3.05) is 26.0 Å². The minimum absolute atomic E-state index is 0.0565. The molecule has 1 aromatic rings. The number of carboxylic acid groups (broad SMARTS) is 1. The number of aliphatic carboxylic acids is 1. The number of urea groups is 1. The number of ether oxygens (including phenoxy) is 1. The number of rotatable bonds is 6. The summed E-state index contributed by atoms with van der Waals surface area (Å²) in [5.74, 6) is -2.63. The second-order valence-corrected chi connectivity index (χ2v) is 5.47. The molecule has 10 heteroatoms. The summed E-state index contributed by atoms with van der Waals surface area (Å²) < 4.78 is 4.55. The first-order valence-electron chi connectivity index (χ1n) is 7.20. The van der Waals surface area contributed by atoms with Crippen molar-refractivity contribution in [2.24, 2.45) is 5.92 Å². The zero-order valence-corrected chi connectivity index (χ0v) is 14.2. The van der Waals surface area contributed by atoms with E-state index in [2.05, 4.69) is 10.1 Å². The number of carbonyl (C=O) groups excluding carboxylic acids is 2. The molecule has 2 amide bonds. The Labute approximate surface area is 143 Å². The van der Waals surface area contributed by atoms with E-state index in [0.29, 0.717) is 0 Å². The van der Waals surface area contributed by atoms with Gasteiger partial charge in [0, 0.05) is 19.7 Å². The van der Waals surface area contributed by atoms with E-state index in [0.717, 1.165) is 18.1 Å². The maximum Gasteiger partial charge on any atom is 0.338 e. The number of hydrogen-bond donors (Lipinski definition) is 2. The van der Waals surface area contributed by atoms with Gasteiger partial charge in [0.25, 0.3) is 5.69 Å². The van der Waals surface area contributed by atoms with Crippen LogP contribution in [0.15, 0.2) is 12.1 Å². The number of carboxylic acids is 1. The minimum atomic E-state index is -1.06. The third kappa shape index (κ3) is 4.90. The van der Waals surface area contributed by atoms with Crippen molar-refractivity contribution < 1.29 is 29.2 Å². The average Bonchev–Trinajstić information content (AvgIpc) is 2.55. The Kier molecular flexibility index (Phi) is 6.43. The first-order chi connectivity index (χ1) is 11.6. The largest absolute Gasteiger partial charge is 0.481 e. The molecule has 0 bridgehead atoms. The van der Waals surface area contributed by atoms with Crippen molar-refractivity contribution in [3.8, 4) is 0 Å². The van der Waals surface area contributed by atoms with Gasteiger partial charge in [0.2, 0.25) is 0 Å². The quantitative estimate of drug-likeness (QED) is 0.452. The summed E-state index contributed by atoms with van der Waals surface area (Å²) >= 11 is 0. The van der Waals surface area contributed by atoms with Crippen molar-refractivity contribution in [1.29, 1.82) is 0 Å². The first-order valence-corrected chi connectivity index (χ1v) is 7.20. The van der Waals surface area contributed by atoms with E-state index in [1.807, 2.05) is 0 Å². The summed E-state index contributed by atoms with van der Waals surface area (Å²) in [6.45, 7) is 2.81. The number of amides is 2. The van der Waals surface area contributed by atoms with Gasteiger partial charge in [0.1, 0.15) is 0 Å². The molecule has 0 radical (unpaired) electrons. The van der Waals surface area contributed by atoms with E-state index in [1.54, 1.807) is 0 Å². The molecule has 0 aliphatic heterocycles. The molecular weight excluding hydrogens is 334 g/mol. The zero-order chi connectivity index (χ0) is 19.3. The van der Waals surface area contributed by atoms with Crippen LogP contribution in [0.1, 0.15) is 22.8 Å². The molecule has 0 aliphatic rings. The van der Waals surface area contributed by atoms with Crippen LogP contribution in [0, 0.1) is 23.0 Å². The maximum absolute atomic E-state index is 12.2. The van der Waals surface area contributed by atoms with Crippen LogP contribution in [-0.2, 0) is 9.53 Å². The predicted molar refractivity (Wildman–Crippen MR) is 87.6 cm³/mol. The number of methoxy groups -OCH3 is 1. The Morgan fingerprint density at radius 2 is 2.00 bits per heavy atom. The van der Waals surface area contributed by atoms with Gasteiger partial charge in [0.15, 0.2) is 0 Å². The second-order valence-electron chi connectivity index (χ2n) is 5.47. The highest BCUT2D eigenvalue weighted by atomic mass is 16.6. The average molecular weight is 353 g/mol. The van der Waals surface area contributed by atoms with Crippen LogP contribution in [0.25, 0.3) is 0 Å². The van der Waals surface area contributed by atoms with Gasteiger partial charge in [-0.1, -0.05) is 6.92 Å². The van der Waals surface area contributed by atoms with E-state index in [1.165, 1.54) is 27.0 Å². The van der Waals surface area contributed by atoms with Crippen molar-refractivity contribution >= 4 is 29.3 Å². The lowest BCUT2D eigenvalue weighted by molar-refractivity contribution is -0.385. The van der Waals surface area contributed by atoms with Gasteiger partial charge in [-0.05, 0) is 13.0 Å². The predicted octanol–water partition coefficient (Wildman–Crippen LogP) is 1.87. The monoisotopic (exact) mass is 353 g/mol. The highest BCUT2D eigenvalue weighted by Gasteiger charge is 2.23. The number of nitro groups is 1. The molecule has 1 rings (SSSR count). The highest BCUT2D eigenvalue weighted by Crippen LogP contribution is 2.28. The summed E-state index contributed by atoms with van der Waals surface area (Å²) in [6, 6.07) is 1.67. The number of nitrogens with one attached hydrogen (secondary N) is 1. The van der Waals surface area contributed by atoms with Crippen molar-refractivity contribution in [3.63, 3.8) is 0 Å². The lowest BCUT2D eigenvalue weighted by Crippen LogP contribution is -2.36. The van der Waals surface area contributed by atoms with E-state index in [9.17, 15) is 24.5 Å². The molecule has 0 saturated carbocycles. The molecule has 1 unspecified atom stereocenters. The molecule has 0 spiro atoms.